The van der Waals surface area contributed by atoms with Gasteiger partial charge < -0.3 is 4.74 Å². The third-order valence-electron chi connectivity index (χ3n) is 5.56. The summed E-state index contributed by atoms with van der Waals surface area (Å²) in [7, 11) is 0. The second-order valence-corrected chi connectivity index (χ2v) is 6.53. The van der Waals surface area contributed by atoms with Gasteiger partial charge in [-0.3, -0.25) is 4.98 Å². The van der Waals surface area contributed by atoms with Crippen molar-refractivity contribution >= 4 is 0 Å². The Morgan fingerprint density at radius 1 is 0.905 bits per heavy atom. The lowest BCUT2D eigenvalue weighted by molar-refractivity contribution is 0.316. The molecule has 21 heavy (non-hydrogen) atoms. The van der Waals surface area contributed by atoms with Crippen LogP contribution in [-0.4, -0.2) is 11.6 Å². The molecule has 0 atom stereocenters. The average Bonchev–Trinajstić information content (AvgIpc) is 2.53. The van der Waals surface area contributed by atoms with E-state index >= 15 is 0 Å². The van der Waals surface area contributed by atoms with Crippen LogP contribution in [0.15, 0.2) is 12.3 Å². The molecule has 0 radical (unpaired) electrons. The third kappa shape index (κ3) is 3.59. The van der Waals surface area contributed by atoms with Gasteiger partial charge in [-0.1, -0.05) is 41.5 Å². The van der Waals surface area contributed by atoms with Crippen molar-refractivity contribution in [1.29, 1.82) is 0 Å². The quantitative estimate of drug-likeness (QED) is 0.618. The van der Waals surface area contributed by atoms with E-state index in [1.165, 1.54) is 5.56 Å². The average molecular weight is 291 g/mol. The maximum absolute atomic E-state index is 5.97. The second kappa shape index (κ2) is 7.29. The smallest absolute Gasteiger partial charge is 0.126 e. The summed E-state index contributed by atoms with van der Waals surface area (Å²) in [5, 5.41) is 0. The van der Waals surface area contributed by atoms with Gasteiger partial charge in [0.05, 0.1) is 6.61 Å². The van der Waals surface area contributed by atoms with Gasteiger partial charge in [0.25, 0.3) is 0 Å². The zero-order chi connectivity index (χ0) is 16.1. The molecular formula is C19H33NO. The lowest BCUT2D eigenvalue weighted by Crippen LogP contribution is -2.25. The fraction of sp³-hybridized carbons (Fsp3) is 0.737. The van der Waals surface area contributed by atoms with E-state index in [-0.39, 0.29) is 10.8 Å². The van der Waals surface area contributed by atoms with Gasteiger partial charge in [-0.2, -0.15) is 0 Å². The topological polar surface area (TPSA) is 22.1 Å². The van der Waals surface area contributed by atoms with Crippen molar-refractivity contribution in [3.8, 4) is 5.75 Å². The molecule has 0 spiro atoms. The van der Waals surface area contributed by atoms with Crippen molar-refractivity contribution < 1.29 is 4.74 Å². The molecule has 1 aromatic rings. The van der Waals surface area contributed by atoms with Crippen LogP contribution in [-0.2, 0) is 10.8 Å². The second-order valence-electron chi connectivity index (χ2n) is 6.53. The summed E-state index contributed by atoms with van der Waals surface area (Å²) in [5.41, 5.74) is 2.70. The van der Waals surface area contributed by atoms with Crippen molar-refractivity contribution in [1.82, 2.24) is 4.98 Å². The largest absolute Gasteiger partial charge is 0.493 e. The van der Waals surface area contributed by atoms with E-state index < -0.39 is 0 Å². The highest BCUT2D eigenvalue weighted by molar-refractivity contribution is 5.40. The highest BCUT2D eigenvalue weighted by Crippen LogP contribution is 2.39. The Kier molecular flexibility index (Phi) is 6.24. The van der Waals surface area contributed by atoms with Gasteiger partial charge in [0.15, 0.2) is 0 Å². The van der Waals surface area contributed by atoms with E-state index in [0.717, 1.165) is 37.1 Å². The van der Waals surface area contributed by atoms with Crippen LogP contribution in [0, 0.1) is 0 Å². The van der Waals surface area contributed by atoms with Crippen LogP contribution in [0.2, 0.25) is 0 Å². The number of hydrogen-bond acceptors (Lipinski definition) is 2. The first-order valence-corrected chi connectivity index (χ1v) is 8.54. The summed E-state index contributed by atoms with van der Waals surface area (Å²) >= 11 is 0. The van der Waals surface area contributed by atoms with Gasteiger partial charge >= 0.3 is 0 Å². The highest BCUT2D eigenvalue weighted by Gasteiger charge is 2.30. The molecule has 2 heteroatoms. The van der Waals surface area contributed by atoms with Gasteiger partial charge in [0.2, 0.25) is 0 Å². The molecular weight excluding hydrogens is 258 g/mol. The minimum Gasteiger partial charge on any atom is -0.493 e. The summed E-state index contributed by atoms with van der Waals surface area (Å²) in [6.45, 7) is 16.3. The van der Waals surface area contributed by atoms with Crippen molar-refractivity contribution in [3.63, 3.8) is 0 Å². The molecule has 0 saturated heterocycles. The van der Waals surface area contributed by atoms with Crippen molar-refractivity contribution in [2.45, 2.75) is 85.0 Å². The monoisotopic (exact) mass is 291 g/mol. The molecule has 0 aliphatic heterocycles. The van der Waals surface area contributed by atoms with Crippen LogP contribution < -0.4 is 4.74 Å². The molecule has 0 bridgehead atoms. The zero-order valence-electron chi connectivity index (χ0n) is 15.0. The van der Waals surface area contributed by atoms with Gasteiger partial charge in [-0.15, -0.1) is 0 Å². The molecule has 0 fully saturated rings. The van der Waals surface area contributed by atoms with E-state index in [1.54, 1.807) is 0 Å². The Bertz CT molecular complexity index is 445. The zero-order valence-corrected chi connectivity index (χ0v) is 15.0. The molecule has 1 heterocycles. The number of aromatic nitrogens is 1. The molecule has 0 amide bonds. The van der Waals surface area contributed by atoms with Gasteiger partial charge in [-0.25, -0.2) is 0 Å². The maximum Gasteiger partial charge on any atom is 0.126 e. The number of hydrogen-bond donors (Lipinski definition) is 0. The van der Waals surface area contributed by atoms with Crippen molar-refractivity contribution in [2.24, 2.45) is 0 Å². The van der Waals surface area contributed by atoms with Gasteiger partial charge in [-0.05, 0) is 38.0 Å². The number of nitrogens with zero attached hydrogens (tertiary/aromatic N) is 1. The van der Waals surface area contributed by atoms with Gasteiger partial charge in [0.1, 0.15) is 5.75 Å². The SMILES string of the molecule is CCOc1cc(C(C)(CC)CC)ncc1C(C)(CC)CC. The molecule has 0 saturated carbocycles. The summed E-state index contributed by atoms with van der Waals surface area (Å²) in [6, 6.07) is 2.19. The minimum absolute atomic E-state index is 0.138. The van der Waals surface area contributed by atoms with E-state index in [0.29, 0.717) is 6.61 Å². The Hall–Kier alpha value is -1.05. The first-order chi connectivity index (χ1) is 9.90. The molecule has 0 N–H and O–H groups in total. The molecule has 1 rings (SSSR count). The molecule has 1 aromatic heterocycles. The highest BCUT2D eigenvalue weighted by atomic mass is 16.5. The Labute approximate surface area is 131 Å². The van der Waals surface area contributed by atoms with Crippen molar-refractivity contribution in [2.75, 3.05) is 6.61 Å². The van der Waals surface area contributed by atoms with E-state index in [4.69, 9.17) is 9.72 Å². The third-order valence-corrected chi connectivity index (χ3v) is 5.56. The van der Waals surface area contributed by atoms with Crippen LogP contribution >= 0.6 is 0 Å². The molecule has 120 valence electrons. The van der Waals surface area contributed by atoms with Crippen LogP contribution in [0.3, 0.4) is 0 Å². The predicted molar refractivity (Wildman–Crippen MR) is 91.3 cm³/mol. The first kappa shape index (κ1) is 18.0. The van der Waals surface area contributed by atoms with E-state index in [1.807, 2.05) is 0 Å². The molecule has 0 aromatic carbocycles. The fourth-order valence-corrected chi connectivity index (χ4v) is 2.74. The maximum atomic E-state index is 5.97. The first-order valence-electron chi connectivity index (χ1n) is 8.54. The number of rotatable bonds is 8. The Morgan fingerprint density at radius 2 is 1.43 bits per heavy atom. The molecule has 0 aliphatic rings. The van der Waals surface area contributed by atoms with Crippen LogP contribution in [0.4, 0.5) is 0 Å². The molecule has 2 nitrogen and oxygen atoms in total. The summed E-state index contributed by atoms with van der Waals surface area (Å²) in [4.78, 5) is 4.82. The van der Waals surface area contributed by atoms with Crippen LogP contribution in [0.1, 0.15) is 85.4 Å². The Morgan fingerprint density at radius 3 is 1.86 bits per heavy atom. The predicted octanol–water partition coefficient (Wildman–Crippen LogP) is 5.64. The lowest BCUT2D eigenvalue weighted by atomic mass is 9.76. The van der Waals surface area contributed by atoms with Gasteiger partial charge in [0, 0.05) is 28.9 Å². The number of ether oxygens (including phenoxy) is 1. The Balaban J connectivity index is 3.37. The molecule has 0 aliphatic carbocycles. The fourth-order valence-electron chi connectivity index (χ4n) is 2.74. The lowest BCUT2D eigenvalue weighted by Gasteiger charge is -2.31. The number of pyridine rings is 1. The summed E-state index contributed by atoms with van der Waals surface area (Å²) in [6.07, 6.45) is 6.46. The van der Waals surface area contributed by atoms with Crippen molar-refractivity contribution in [3.05, 3.63) is 23.5 Å². The van der Waals surface area contributed by atoms with Crippen LogP contribution in [0.25, 0.3) is 0 Å². The van der Waals surface area contributed by atoms with E-state index in [9.17, 15) is 0 Å². The van der Waals surface area contributed by atoms with E-state index in [2.05, 4.69) is 60.7 Å². The van der Waals surface area contributed by atoms with Crippen LogP contribution in [0.5, 0.6) is 5.75 Å². The summed E-state index contributed by atoms with van der Waals surface area (Å²) in [5.74, 6) is 1.03. The normalized spacial score (nSPS) is 12.5. The minimum atomic E-state index is 0.138. The summed E-state index contributed by atoms with van der Waals surface area (Å²) < 4.78 is 5.97. The molecule has 0 unspecified atom stereocenters. The standard InChI is InChI=1S/C19H33NO/c1-8-18(6,9-2)15-14-20-17(13-16(15)21-12-5)19(7,10-3)11-4/h13-14H,8-12H2,1-7H3.